The molecule has 10 nitrogen and oxygen atoms in total. The van der Waals surface area contributed by atoms with Crippen LogP contribution in [0.2, 0.25) is 0 Å². The molecular weight excluding hydrogens is 848 g/mol. The standard InChI is InChI=1S/C22H17NO4S.C15H10BrNO4.C6H5FS.CH4/c1-11-5-3-7-14(9-11)28-20-18(24)16-19(27-22(20)26)15-8-4-6-13-10-12(2)23(17(13)15)21(16)25;1-6-5-7-3-2-4-8-11(7)17(6)14(19)9-12(18)10(16)15(20)21-13(8)9;7-5-2-1-3-6(8)4-5;/h3-9,12,24H,10H2,1-2H3;2-4,6,18H,5H2,1H3;1-4,8H;1H4. The lowest BCUT2D eigenvalue weighted by molar-refractivity contribution is 0.446. The summed E-state index contributed by atoms with van der Waals surface area (Å²) in [4.78, 5) is 51.9. The van der Waals surface area contributed by atoms with Crippen molar-refractivity contribution in [2.75, 3.05) is 0 Å². The van der Waals surface area contributed by atoms with Gasteiger partial charge in [0.15, 0.2) is 22.7 Å². The van der Waals surface area contributed by atoms with Crippen molar-refractivity contribution < 1.29 is 23.4 Å². The third-order valence-electron chi connectivity index (χ3n) is 10.1. The summed E-state index contributed by atoms with van der Waals surface area (Å²) in [7, 11) is 0. The van der Waals surface area contributed by atoms with E-state index in [0.29, 0.717) is 15.7 Å². The summed E-state index contributed by atoms with van der Waals surface area (Å²) in [5.41, 5.74) is 2.99. The molecule has 58 heavy (non-hydrogen) atoms. The summed E-state index contributed by atoms with van der Waals surface area (Å²) in [5.74, 6) is -0.906. The zero-order chi connectivity index (χ0) is 40.4. The molecule has 4 aromatic carbocycles. The van der Waals surface area contributed by atoms with Gasteiger partial charge in [-0.3, -0.25) is 9.59 Å². The van der Waals surface area contributed by atoms with Gasteiger partial charge in [0.05, 0.1) is 11.0 Å². The number of benzene rings is 4. The molecule has 10 rings (SSSR count). The van der Waals surface area contributed by atoms with Gasteiger partial charge in [-0.1, -0.05) is 67.2 Å². The molecule has 0 saturated carbocycles. The van der Waals surface area contributed by atoms with Crippen molar-refractivity contribution in [2.24, 2.45) is 0 Å². The van der Waals surface area contributed by atoms with Gasteiger partial charge in [0.2, 0.25) is 0 Å². The number of fused-ring (bicyclic) bond motifs is 4. The van der Waals surface area contributed by atoms with E-state index in [1.54, 1.807) is 27.3 Å². The maximum atomic E-state index is 13.2. The van der Waals surface area contributed by atoms with Gasteiger partial charge in [-0.15, -0.1) is 12.6 Å². The average molecular weight is 884 g/mol. The number of halogens is 2. The minimum absolute atomic E-state index is 0. The molecule has 2 aliphatic rings. The fourth-order valence-corrected chi connectivity index (χ4v) is 9.14. The van der Waals surface area contributed by atoms with Crippen molar-refractivity contribution >= 4 is 84.1 Å². The van der Waals surface area contributed by atoms with Crippen molar-refractivity contribution in [3.63, 3.8) is 0 Å². The third-order valence-corrected chi connectivity index (χ3v) is 12.1. The molecule has 2 aliphatic heterocycles. The van der Waals surface area contributed by atoms with E-state index in [9.17, 15) is 33.8 Å². The van der Waals surface area contributed by atoms with E-state index in [1.807, 2.05) is 75.4 Å². The van der Waals surface area contributed by atoms with Gasteiger partial charge in [-0.25, -0.2) is 14.0 Å². The van der Waals surface area contributed by atoms with Crippen molar-refractivity contribution in [3.05, 3.63) is 153 Å². The number of pyridine rings is 2. The molecule has 296 valence electrons. The van der Waals surface area contributed by atoms with Crippen LogP contribution in [0.15, 0.2) is 132 Å². The van der Waals surface area contributed by atoms with E-state index in [0.717, 1.165) is 57.2 Å². The second-order valence-electron chi connectivity index (χ2n) is 14.0. The molecule has 0 spiro atoms. The summed E-state index contributed by atoms with van der Waals surface area (Å²) in [6, 6.07) is 25.0. The second kappa shape index (κ2) is 15.6. The highest BCUT2D eigenvalue weighted by molar-refractivity contribution is 9.10. The van der Waals surface area contributed by atoms with Gasteiger partial charge in [-0.2, -0.15) is 0 Å². The zero-order valence-electron chi connectivity index (χ0n) is 30.5. The fourth-order valence-electron chi connectivity index (χ4n) is 7.70. The summed E-state index contributed by atoms with van der Waals surface area (Å²) in [6.45, 7) is 5.88. The summed E-state index contributed by atoms with van der Waals surface area (Å²) >= 11 is 7.99. The minimum Gasteiger partial charge on any atom is -0.506 e. The van der Waals surface area contributed by atoms with E-state index in [2.05, 4.69) is 28.6 Å². The Bertz CT molecular complexity index is 3210. The van der Waals surface area contributed by atoms with Crippen molar-refractivity contribution in [1.29, 1.82) is 0 Å². The largest absolute Gasteiger partial charge is 0.506 e. The minimum atomic E-state index is -0.698. The van der Waals surface area contributed by atoms with Crippen LogP contribution in [-0.2, 0) is 12.8 Å². The van der Waals surface area contributed by atoms with Gasteiger partial charge < -0.3 is 28.2 Å². The molecule has 2 unspecified atom stereocenters. The maximum Gasteiger partial charge on any atom is 0.354 e. The smallest absolute Gasteiger partial charge is 0.354 e. The van der Waals surface area contributed by atoms with Gasteiger partial charge in [-0.05, 0) is 103 Å². The van der Waals surface area contributed by atoms with Gasteiger partial charge in [0.1, 0.15) is 26.0 Å². The number of para-hydroxylation sites is 2. The SMILES string of the molecule is C.CC1Cc2cccc3c4oc(=O)c(Br)c(O)c4c(=O)n1c23.Cc1cccc(Sc2c(O)c3c(=O)n4c5c(cccc5c3oc2=O)CC4C)c1.Fc1cccc(S)c1. The lowest BCUT2D eigenvalue weighted by Crippen LogP contribution is -2.22. The van der Waals surface area contributed by atoms with E-state index in [-0.39, 0.29) is 79.3 Å². The van der Waals surface area contributed by atoms with E-state index in [1.165, 1.54) is 12.1 Å². The number of aryl methyl sites for hydroxylation is 1. The Kier molecular flexibility index (Phi) is 11.0. The lowest BCUT2D eigenvalue weighted by atomic mass is 10.1. The predicted octanol–water partition coefficient (Wildman–Crippen LogP) is 9.83. The molecule has 0 amide bonds. The predicted molar refractivity (Wildman–Crippen MR) is 232 cm³/mol. The third kappa shape index (κ3) is 6.82. The molecule has 2 N–H and O–H groups in total. The van der Waals surface area contributed by atoms with E-state index >= 15 is 0 Å². The quantitative estimate of drug-likeness (QED) is 0.114. The number of thiol groups is 1. The molecule has 0 saturated heterocycles. The van der Waals surface area contributed by atoms with Crippen LogP contribution in [0.25, 0.3) is 43.7 Å². The van der Waals surface area contributed by atoms with E-state index in [4.69, 9.17) is 8.83 Å². The highest BCUT2D eigenvalue weighted by atomic mass is 79.9. The first-order valence-electron chi connectivity index (χ1n) is 17.8. The van der Waals surface area contributed by atoms with Crippen LogP contribution in [0.5, 0.6) is 11.5 Å². The van der Waals surface area contributed by atoms with Crippen molar-refractivity contribution in [1.82, 2.24) is 9.13 Å². The molecule has 8 aromatic rings. The van der Waals surface area contributed by atoms with Crippen LogP contribution in [0, 0.1) is 12.7 Å². The zero-order valence-corrected chi connectivity index (χ0v) is 33.8. The molecule has 14 heteroatoms. The van der Waals surface area contributed by atoms with Crippen LogP contribution in [0.1, 0.15) is 50.0 Å². The normalized spacial score (nSPS) is 14.9. The highest BCUT2D eigenvalue weighted by Gasteiger charge is 2.29. The van der Waals surface area contributed by atoms with Crippen molar-refractivity contribution in [2.45, 2.75) is 67.8 Å². The van der Waals surface area contributed by atoms with Gasteiger partial charge in [0, 0.05) is 32.6 Å². The summed E-state index contributed by atoms with van der Waals surface area (Å²) < 4.78 is 26.2. The van der Waals surface area contributed by atoms with Crippen LogP contribution in [0.3, 0.4) is 0 Å². The number of aromatic nitrogens is 2. The van der Waals surface area contributed by atoms with Crippen LogP contribution < -0.4 is 22.4 Å². The Balaban J connectivity index is 0.000000150. The molecule has 4 aromatic heterocycles. The first-order valence-corrected chi connectivity index (χ1v) is 19.9. The van der Waals surface area contributed by atoms with Crippen LogP contribution in [-0.4, -0.2) is 19.3 Å². The lowest BCUT2D eigenvalue weighted by Gasteiger charge is -2.13. The van der Waals surface area contributed by atoms with Crippen LogP contribution >= 0.6 is 40.3 Å². The first kappa shape index (κ1) is 40.6. The molecule has 2 atom stereocenters. The highest BCUT2D eigenvalue weighted by Crippen LogP contribution is 2.41. The maximum absolute atomic E-state index is 13.2. The van der Waals surface area contributed by atoms with E-state index < -0.39 is 11.3 Å². The van der Waals surface area contributed by atoms with Gasteiger partial charge in [0.25, 0.3) is 11.1 Å². The van der Waals surface area contributed by atoms with Crippen LogP contribution in [0.4, 0.5) is 4.39 Å². The first-order chi connectivity index (χ1) is 27.2. The monoisotopic (exact) mass is 882 g/mol. The Hall–Kier alpha value is -5.57. The molecule has 0 bridgehead atoms. The van der Waals surface area contributed by atoms with Crippen molar-refractivity contribution in [3.8, 4) is 11.5 Å². The Labute approximate surface area is 347 Å². The number of nitrogens with zero attached hydrogens (tertiary/aromatic N) is 2. The second-order valence-corrected chi connectivity index (χ2v) is 16.4. The molecule has 0 radical (unpaired) electrons. The number of hydrogen-bond acceptors (Lipinski definition) is 10. The Morgan fingerprint density at radius 1 is 0.741 bits per heavy atom. The summed E-state index contributed by atoms with van der Waals surface area (Å²) in [6.07, 6.45) is 1.48. The average Bonchev–Trinajstić information content (AvgIpc) is 3.70. The Morgan fingerprint density at radius 2 is 1.26 bits per heavy atom. The summed E-state index contributed by atoms with van der Waals surface area (Å²) in [5, 5.41) is 22.6. The fraction of sp³-hybridized carbons (Fsp3) is 0.182. The number of rotatable bonds is 2. The molecule has 6 heterocycles. The Morgan fingerprint density at radius 3 is 1.78 bits per heavy atom. The topological polar surface area (TPSA) is 145 Å². The number of aromatic hydroxyl groups is 2. The molecule has 0 aliphatic carbocycles. The molecule has 0 fully saturated rings. The molecular formula is C44H36BrFN2O8S2. The van der Waals surface area contributed by atoms with Gasteiger partial charge >= 0.3 is 11.3 Å². The number of hydrogen-bond donors (Lipinski definition) is 3.